The van der Waals surface area contributed by atoms with E-state index in [1.807, 2.05) is 12.1 Å². The molecule has 0 aliphatic heterocycles. The Hall–Kier alpha value is -2.84. The zero-order valence-corrected chi connectivity index (χ0v) is 19.1. The first-order valence-electron chi connectivity index (χ1n) is 10.9. The molecule has 3 aromatic rings. The van der Waals surface area contributed by atoms with Crippen LogP contribution in [0.15, 0.2) is 42.6 Å². The van der Waals surface area contributed by atoms with Gasteiger partial charge in [-0.05, 0) is 49.6 Å². The van der Waals surface area contributed by atoms with Crippen LogP contribution in [0.2, 0.25) is 0 Å². The summed E-state index contributed by atoms with van der Waals surface area (Å²) in [5, 5.41) is 4.32. The molecule has 33 heavy (non-hydrogen) atoms. The van der Waals surface area contributed by atoms with E-state index in [2.05, 4.69) is 17.2 Å². The van der Waals surface area contributed by atoms with Gasteiger partial charge in [-0.3, -0.25) is 4.98 Å². The average Bonchev–Trinajstić information content (AvgIpc) is 2.79. The number of anilines is 1. The third-order valence-corrected chi connectivity index (χ3v) is 5.57. The summed E-state index contributed by atoms with van der Waals surface area (Å²) in [7, 11) is 3.16. The van der Waals surface area contributed by atoms with Crippen molar-refractivity contribution in [2.75, 3.05) is 26.1 Å². The second-order valence-electron chi connectivity index (χ2n) is 8.08. The summed E-state index contributed by atoms with van der Waals surface area (Å²) in [5.74, 6) is 0.582. The molecule has 0 aliphatic carbocycles. The first-order valence-corrected chi connectivity index (χ1v) is 10.9. The Balaban J connectivity index is 2.15. The Morgan fingerprint density at radius 1 is 1.15 bits per heavy atom. The summed E-state index contributed by atoms with van der Waals surface area (Å²) >= 11 is 0. The van der Waals surface area contributed by atoms with Gasteiger partial charge in [0.25, 0.3) is 0 Å². The van der Waals surface area contributed by atoms with Gasteiger partial charge in [-0.2, -0.15) is 13.2 Å². The first-order chi connectivity index (χ1) is 15.8. The van der Waals surface area contributed by atoms with E-state index in [4.69, 9.17) is 15.2 Å². The molecule has 1 atom stereocenters. The number of hydrogen-bond acceptors (Lipinski definition) is 5. The summed E-state index contributed by atoms with van der Waals surface area (Å²) in [6, 6.07) is 9.26. The minimum atomic E-state index is -4.40. The van der Waals surface area contributed by atoms with Crippen LogP contribution in [0.4, 0.5) is 18.9 Å². The molecule has 0 bridgehead atoms. The van der Waals surface area contributed by atoms with Gasteiger partial charge in [0.05, 0.1) is 30.5 Å². The monoisotopic (exact) mass is 461 g/mol. The van der Waals surface area contributed by atoms with Crippen molar-refractivity contribution in [3.8, 4) is 5.75 Å². The lowest BCUT2D eigenvalue weighted by Gasteiger charge is -2.21. The lowest BCUT2D eigenvalue weighted by molar-refractivity contribution is -0.137. The van der Waals surface area contributed by atoms with E-state index in [0.717, 1.165) is 46.6 Å². The van der Waals surface area contributed by atoms with Crippen LogP contribution in [0.25, 0.3) is 10.9 Å². The Kier molecular flexibility index (Phi) is 8.15. The second kappa shape index (κ2) is 10.9. The molecule has 0 saturated heterocycles. The fourth-order valence-corrected chi connectivity index (χ4v) is 4.02. The van der Waals surface area contributed by atoms with Gasteiger partial charge in [0, 0.05) is 42.8 Å². The van der Waals surface area contributed by atoms with Crippen molar-refractivity contribution in [1.82, 2.24) is 4.98 Å². The Labute approximate surface area is 192 Å². The maximum Gasteiger partial charge on any atom is 0.416 e. The van der Waals surface area contributed by atoms with Gasteiger partial charge in [-0.1, -0.05) is 18.2 Å². The fourth-order valence-electron chi connectivity index (χ4n) is 4.02. The molecule has 5 nitrogen and oxygen atoms in total. The van der Waals surface area contributed by atoms with Crippen LogP contribution >= 0.6 is 0 Å². The van der Waals surface area contributed by atoms with Crippen molar-refractivity contribution >= 4 is 16.6 Å². The maximum absolute atomic E-state index is 13.3. The number of nitrogens with zero attached hydrogens (tertiary/aromatic N) is 1. The standard InChI is InChI=1S/C25H30F3N3O2/c1-16(6-5-10-29)31-21-14-22(33-3)20(23-18(15-32-2)9-11-30-24(21)23)13-17-7-4-8-19(12-17)25(26,27)28/h4,7-9,11-12,14,16,31H,5-6,10,13,15,29H2,1-3H3. The van der Waals surface area contributed by atoms with E-state index in [-0.39, 0.29) is 12.5 Å². The molecule has 1 unspecified atom stereocenters. The van der Waals surface area contributed by atoms with E-state index in [0.29, 0.717) is 24.5 Å². The molecule has 2 aromatic carbocycles. The molecule has 0 saturated carbocycles. The molecule has 3 rings (SSSR count). The summed E-state index contributed by atoms with van der Waals surface area (Å²) in [4.78, 5) is 4.61. The SMILES string of the molecule is COCc1ccnc2c(NC(C)CCCN)cc(OC)c(Cc3cccc(C(F)(F)F)c3)c12. The predicted molar refractivity (Wildman–Crippen MR) is 125 cm³/mol. The number of nitrogens with two attached hydrogens (primary N) is 1. The molecule has 0 radical (unpaired) electrons. The lowest BCUT2D eigenvalue weighted by atomic mass is 9.94. The summed E-state index contributed by atoms with van der Waals surface area (Å²) in [5.41, 5.74) is 8.70. The van der Waals surface area contributed by atoms with Gasteiger partial charge in [0.1, 0.15) is 5.75 Å². The van der Waals surface area contributed by atoms with Crippen LogP contribution in [-0.2, 0) is 23.9 Å². The molecular weight excluding hydrogens is 431 g/mol. The topological polar surface area (TPSA) is 69.4 Å². The number of benzene rings is 2. The van der Waals surface area contributed by atoms with Crippen molar-refractivity contribution in [2.45, 2.75) is 45.0 Å². The number of nitrogens with one attached hydrogen (secondary N) is 1. The quantitative estimate of drug-likeness (QED) is 0.415. The van der Waals surface area contributed by atoms with Crippen molar-refractivity contribution in [2.24, 2.45) is 5.73 Å². The third kappa shape index (κ3) is 5.94. The van der Waals surface area contributed by atoms with E-state index in [1.165, 1.54) is 12.1 Å². The summed E-state index contributed by atoms with van der Waals surface area (Å²) < 4.78 is 50.9. The number of rotatable bonds is 10. The maximum atomic E-state index is 13.3. The summed E-state index contributed by atoms with van der Waals surface area (Å²) in [6.07, 6.45) is -0.649. The lowest BCUT2D eigenvalue weighted by Crippen LogP contribution is -2.17. The van der Waals surface area contributed by atoms with Crippen LogP contribution < -0.4 is 15.8 Å². The smallest absolute Gasteiger partial charge is 0.416 e. The Morgan fingerprint density at radius 3 is 2.61 bits per heavy atom. The van der Waals surface area contributed by atoms with Gasteiger partial charge in [0.15, 0.2) is 0 Å². The van der Waals surface area contributed by atoms with Crippen molar-refractivity contribution in [3.63, 3.8) is 0 Å². The predicted octanol–water partition coefficient (Wildman–Crippen LogP) is 5.54. The van der Waals surface area contributed by atoms with Crippen LogP contribution in [0.1, 0.15) is 42.0 Å². The molecule has 3 N–H and O–H groups in total. The van der Waals surface area contributed by atoms with Crippen LogP contribution in [0.3, 0.4) is 0 Å². The minimum Gasteiger partial charge on any atom is -0.496 e. The van der Waals surface area contributed by atoms with Crippen LogP contribution in [0.5, 0.6) is 5.75 Å². The average molecular weight is 462 g/mol. The van der Waals surface area contributed by atoms with E-state index in [9.17, 15) is 13.2 Å². The largest absolute Gasteiger partial charge is 0.496 e. The van der Waals surface area contributed by atoms with Gasteiger partial charge >= 0.3 is 6.18 Å². The van der Waals surface area contributed by atoms with E-state index >= 15 is 0 Å². The molecule has 1 heterocycles. The fraction of sp³-hybridized carbons (Fsp3) is 0.400. The molecule has 8 heteroatoms. The van der Waals surface area contributed by atoms with Crippen LogP contribution in [-0.4, -0.2) is 31.8 Å². The van der Waals surface area contributed by atoms with Crippen molar-refractivity contribution < 1.29 is 22.6 Å². The highest BCUT2D eigenvalue weighted by atomic mass is 19.4. The van der Waals surface area contributed by atoms with Gasteiger partial charge in [-0.15, -0.1) is 0 Å². The highest BCUT2D eigenvalue weighted by Crippen LogP contribution is 2.38. The number of aromatic nitrogens is 1. The molecule has 0 amide bonds. The number of halogens is 3. The number of ether oxygens (including phenoxy) is 2. The number of alkyl halides is 3. The minimum absolute atomic E-state index is 0.156. The molecular formula is C25H30F3N3O2. The number of fused-ring (bicyclic) bond motifs is 1. The second-order valence-corrected chi connectivity index (χ2v) is 8.08. The summed E-state index contributed by atoms with van der Waals surface area (Å²) in [6.45, 7) is 3.02. The number of hydrogen-bond donors (Lipinski definition) is 2. The number of methoxy groups -OCH3 is 2. The molecule has 1 aromatic heterocycles. The Morgan fingerprint density at radius 2 is 1.94 bits per heavy atom. The normalized spacial score (nSPS) is 12.7. The van der Waals surface area contributed by atoms with Gasteiger partial charge in [0.2, 0.25) is 0 Å². The van der Waals surface area contributed by atoms with E-state index in [1.54, 1.807) is 26.5 Å². The highest BCUT2D eigenvalue weighted by Gasteiger charge is 2.30. The molecule has 0 fully saturated rings. The van der Waals surface area contributed by atoms with E-state index < -0.39 is 11.7 Å². The van der Waals surface area contributed by atoms with Crippen LogP contribution in [0, 0.1) is 0 Å². The highest BCUT2D eigenvalue weighted by molar-refractivity contribution is 5.97. The molecule has 178 valence electrons. The zero-order valence-electron chi connectivity index (χ0n) is 19.1. The van der Waals surface area contributed by atoms with Crippen molar-refractivity contribution in [1.29, 1.82) is 0 Å². The Bertz CT molecular complexity index is 1090. The third-order valence-electron chi connectivity index (χ3n) is 5.57. The van der Waals surface area contributed by atoms with Crippen molar-refractivity contribution in [3.05, 3.63) is 64.8 Å². The molecule has 0 spiro atoms. The van der Waals surface area contributed by atoms with Gasteiger partial charge < -0.3 is 20.5 Å². The molecule has 0 aliphatic rings. The zero-order chi connectivity index (χ0) is 24.0. The first kappa shape index (κ1) is 24.8. The number of pyridine rings is 1. The van der Waals surface area contributed by atoms with Gasteiger partial charge in [-0.25, -0.2) is 0 Å².